The largest absolute Gasteiger partial charge is 0.493 e. The van der Waals surface area contributed by atoms with Crippen LogP contribution in [-0.2, 0) is 22.7 Å². The Balaban J connectivity index is 1.48. The van der Waals surface area contributed by atoms with Gasteiger partial charge in [-0.15, -0.1) is 0 Å². The highest BCUT2D eigenvalue weighted by Crippen LogP contribution is 2.30. The van der Waals surface area contributed by atoms with E-state index < -0.39 is 0 Å². The molecular weight excluding hydrogens is 427 g/mol. The van der Waals surface area contributed by atoms with Crippen molar-refractivity contribution in [1.82, 2.24) is 10.2 Å². The van der Waals surface area contributed by atoms with Gasteiger partial charge >= 0.3 is 0 Å². The lowest BCUT2D eigenvalue weighted by atomic mass is 10.2. The summed E-state index contributed by atoms with van der Waals surface area (Å²) < 4.78 is 16.6. The summed E-state index contributed by atoms with van der Waals surface area (Å²) in [6, 6.07) is 11.1. The monoisotopic (exact) mass is 452 g/mol. The summed E-state index contributed by atoms with van der Waals surface area (Å²) in [5.74, 6) is 1.44. The molecule has 0 unspecified atom stereocenters. The molecule has 0 radical (unpaired) electrons. The molecule has 2 aromatic carbocycles. The average molecular weight is 453 g/mol. The Morgan fingerprint density at radius 2 is 1.93 bits per heavy atom. The van der Waals surface area contributed by atoms with Crippen LogP contribution >= 0.6 is 23.2 Å². The number of carbonyl (C=O) groups is 1. The van der Waals surface area contributed by atoms with E-state index in [0.29, 0.717) is 74.0 Å². The second-order valence-electron chi connectivity index (χ2n) is 6.93. The summed E-state index contributed by atoms with van der Waals surface area (Å²) in [5, 5.41) is 4.46. The molecule has 1 aliphatic rings. The van der Waals surface area contributed by atoms with Crippen molar-refractivity contribution in [3.63, 3.8) is 0 Å². The van der Waals surface area contributed by atoms with Crippen molar-refractivity contribution in [2.45, 2.75) is 19.6 Å². The van der Waals surface area contributed by atoms with Gasteiger partial charge in [0.25, 0.3) is 0 Å². The van der Waals surface area contributed by atoms with Crippen LogP contribution in [0.2, 0.25) is 10.0 Å². The van der Waals surface area contributed by atoms with Crippen LogP contribution in [0.5, 0.6) is 11.5 Å². The van der Waals surface area contributed by atoms with Gasteiger partial charge in [0.05, 0.1) is 20.3 Å². The molecule has 0 aliphatic carbocycles. The zero-order chi connectivity index (χ0) is 21.3. The molecule has 0 saturated carbocycles. The van der Waals surface area contributed by atoms with Gasteiger partial charge in [0, 0.05) is 48.2 Å². The summed E-state index contributed by atoms with van der Waals surface area (Å²) in [6.45, 7) is 4.17. The van der Waals surface area contributed by atoms with Gasteiger partial charge in [-0.2, -0.15) is 0 Å². The second kappa shape index (κ2) is 11.4. The zero-order valence-electron chi connectivity index (χ0n) is 17.0. The first-order chi connectivity index (χ1) is 14.6. The van der Waals surface area contributed by atoms with Gasteiger partial charge in [-0.1, -0.05) is 35.3 Å². The molecule has 0 bridgehead atoms. The van der Waals surface area contributed by atoms with Gasteiger partial charge in [0.2, 0.25) is 5.91 Å². The van der Waals surface area contributed by atoms with Crippen molar-refractivity contribution in [2.24, 2.45) is 0 Å². The van der Waals surface area contributed by atoms with Crippen molar-refractivity contribution in [3.8, 4) is 11.5 Å². The van der Waals surface area contributed by atoms with Crippen molar-refractivity contribution in [3.05, 3.63) is 57.6 Å². The predicted octanol–water partition coefficient (Wildman–Crippen LogP) is 3.92. The van der Waals surface area contributed by atoms with Crippen LogP contribution in [0.4, 0.5) is 0 Å². The summed E-state index contributed by atoms with van der Waals surface area (Å²) in [6.07, 6.45) is 0.472. The number of amides is 1. The molecule has 1 fully saturated rings. The Morgan fingerprint density at radius 3 is 2.67 bits per heavy atom. The normalized spacial score (nSPS) is 13.9. The fourth-order valence-electron chi connectivity index (χ4n) is 3.13. The number of hydrogen-bond donors (Lipinski definition) is 1. The van der Waals surface area contributed by atoms with Gasteiger partial charge in [0.1, 0.15) is 6.61 Å². The van der Waals surface area contributed by atoms with Crippen LogP contribution in [0, 0.1) is 0 Å². The SMILES string of the molecule is COc1cc(CNCCC(=O)N2CCOCC2)ccc1OCc1ccc(Cl)cc1Cl. The molecule has 1 aliphatic heterocycles. The van der Waals surface area contributed by atoms with Crippen LogP contribution in [0.15, 0.2) is 36.4 Å². The van der Waals surface area contributed by atoms with E-state index in [1.807, 2.05) is 29.2 Å². The minimum absolute atomic E-state index is 0.160. The average Bonchev–Trinajstić information content (AvgIpc) is 2.77. The molecule has 1 amide bonds. The van der Waals surface area contributed by atoms with E-state index >= 15 is 0 Å². The van der Waals surface area contributed by atoms with E-state index in [-0.39, 0.29) is 5.91 Å². The summed E-state index contributed by atoms with van der Waals surface area (Å²) in [4.78, 5) is 14.0. The molecule has 0 aromatic heterocycles. The Kier molecular flexibility index (Phi) is 8.63. The molecule has 0 atom stereocenters. The topological polar surface area (TPSA) is 60.0 Å². The Morgan fingerprint density at radius 1 is 1.13 bits per heavy atom. The standard InChI is InChI=1S/C22H26Cl2N2O4/c1-28-21-12-16(14-25-7-6-22(27)26-8-10-29-11-9-26)2-5-20(21)30-15-17-3-4-18(23)13-19(17)24/h2-5,12-13,25H,6-11,14-15H2,1H3. The minimum Gasteiger partial charge on any atom is -0.493 e. The molecule has 1 saturated heterocycles. The van der Waals surface area contributed by atoms with Crippen molar-refractivity contribution in [1.29, 1.82) is 0 Å². The van der Waals surface area contributed by atoms with Crippen LogP contribution in [0.25, 0.3) is 0 Å². The number of nitrogens with zero attached hydrogens (tertiary/aromatic N) is 1. The molecule has 3 rings (SSSR count). The van der Waals surface area contributed by atoms with E-state index in [2.05, 4.69) is 5.32 Å². The van der Waals surface area contributed by atoms with E-state index in [4.69, 9.17) is 37.4 Å². The second-order valence-corrected chi connectivity index (χ2v) is 7.77. The Bertz CT molecular complexity index is 857. The van der Waals surface area contributed by atoms with E-state index in [0.717, 1.165) is 11.1 Å². The third-order valence-electron chi connectivity index (χ3n) is 4.83. The maximum atomic E-state index is 12.2. The highest BCUT2D eigenvalue weighted by Gasteiger charge is 2.16. The number of hydrogen-bond acceptors (Lipinski definition) is 5. The van der Waals surface area contributed by atoms with Gasteiger partial charge in [0.15, 0.2) is 11.5 Å². The van der Waals surface area contributed by atoms with Gasteiger partial charge < -0.3 is 24.4 Å². The number of nitrogens with one attached hydrogen (secondary N) is 1. The fourth-order valence-corrected chi connectivity index (χ4v) is 3.60. The lowest BCUT2D eigenvalue weighted by molar-refractivity contribution is -0.135. The molecule has 8 heteroatoms. The van der Waals surface area contributed by atoms with Crippen LogP contribution in [0.3, 0.4) is 0 Å². The first-order valence-corrected chi connectivity index (χ1v) is 10.6. The quantitative estimate of drug-likeness (QED) is 0.584. The number of benzene rings is 2. The third-order valence-corrected chi connectivity index (χ3v) is 5.42. The molecule has 30 heavy (non-hydrogen) atoms. The molecule has 6 nitrogen and oxygen atoms in total. The Hall–Kier alpha value is -1.99. The van der Waals surface area contributed by atoms with E-state index in [1.54, 1.807) is 19.2 Å². The van der Waals surface area contributed by atoms with Crippen LogP contribution < -0.4 is 14.8 Å². The molecule has 0 spiro atoms. The van der Waals surface area contributed by atoms with Gasteiger partial charge in [-0.3, -0.25) is 4.79 Å². The first kappa shape index (κ1) is 22.7. The Labute approximate surface area is 187 Å². The van der Waals surface area contributed by atoms with Gasteiger partial charge in [-0.25, -0.2) is 0 Å². The zero-order valence-corrected chi connectivity index (χ0v) is 18.5. The van der Waals surface area contributed by atoms with E-state index in [9.17, 15) is 4.79 Å². The molecule has 1 N–H and O–H groups in total. The summed E-state index contributed by atoms with van der Waals surface area (Å²) in [5.41, 5.74) is 1.89. The minimum atomic E-state index is 0.160. The number of halogens is 2. The van der Waals surface area contributed by atoms with Crippen molar-refractivity contribution in [2.75, 3.05) is 40.0 Å². The van der Waals surface area contributed by atoms with Crippen molar-refractivity contribution >= 4 is 29.1 Å². The molecule has 2 aromatic rings. The van der Waals surface area contributed by atoms with Gasteiger partial charge in [-0.05, 0) is 29.8 Å². The lowest BCUT2D eigenvalue weighted by Gasteiger charge is -2.26. The van der Waals surface area contributed by atoms with Crippen LogP contribution in [-0.4, -0.2) is 50.8 Å². The molecule has 1 heterocycles. The number of rotatable bonds is 9. The number of carbonyl (C=O) groups excluding carboxylic acids is 1. The van der Waals surface area contributed by atoms with Crippen LogP contribution in [0.1, 0.15) is 17.5 Å². The smallest absolute Gasteiger partial charge is 0.224 e. The maximum absolute atomic E-state index is 12.2. The molecular formula is C22H26Cl2N2O4. The number of methoxy groups -OCH3 is 1. The fraction of sp³-hybridized carbons (Fsp3) is 0.409. The summed E-state index contributed by atoms with van der Waals surface area (Å²) >= 11 is 12.1. The number of ether oxygens (including phenoxy) is 3. The van der Waals surface area contributed by atoms with Crippen molar-refractivity contribution < 1.29 is 19.0 Å². The lowest BCUT2D eigenvalue weighted by Crippen LogP contribution is -2.41. The molecule has 162 valence electrons. The highest BCUT2D eigenvalue weighted by atomic mass is 35.5. The highest BCUT2D eigenvalue weighted by molar-refractivity contribution is 6.35. The number of morpholine rings is 1. The maximum Gasteiger partial charge on any atom is 0.224 e. The predicted molar refractivity (Wildman–Crippen MR) is 118 cm³/mol. The third kappa shape index (κ3) is 6.51. The first-order valence-electron chi connectivity index (χ1n) is 9.86. The van der Waals surface area contributed by atoms with E-state index in [1.165, 1.54) is 0 Å². The summed E-state index contributed by atoms with van der Waals surface area (Å²) in [7, 11) is 1.61.